The molecule has 0 amide bonds. The Morgan fingerprint density at radius 1 is 0.422 bits per heavy atom. The lowest BCUT2D eigenvalue weighted by Crippen LogP contribution is -2.11. The van der Waals surface area contributed by atoms with Gasteiger partial charge in [-0.2, -0.15) is 0 Å². The van der Waals surface area contributed by atoms with Gasteiger partial charge in [0.25, 0.3) is 0 Å². The van der Waals surface area contributed by atoms with E-state index in [1.807, 2.05) is 60.9 Å². The van der Waals surface area contributed by atoms with E-state index in [2.05, 4.69) is 83.8 Å². The Labute approximate surface area is 256 Å². The summed E-state index contributed by atoms with van der Waals surface area (Å²) in [5.74, 6) is 0. The van der Waals surface area contributed by atoms with E-state index in [1.54, 1.807) is 0 Å². The number of hydrogen-bond donors (Lipinski definition) is 0. The van der Waals surface area contributed by atoms with Crippen LogP contribution >= 0.6 is 0 Å². The normalized spacial score (nSPS) is 12.0. The molecule has 10 aromatic rings. The van der Waals surface area contributed by atoms with E-state index in [4.69, 9.17) is 18.8 Å². The molecule has 4 aromatic heterocycles. The van der Waals surface area contributed by atoms with Crippen LogP contribution in [0.4, 0.5) is 17.1 Å². The van der Waals surface area contributed by atoms with E-state index in [9.17, 15) is 0 Å². The van der Waals surface area contributed by atoms with Crippen LogP contribution in [0, 0.1) is 0 Å². The molecule has 0 aliphatic rings. The summed E-state index contributed by atoms with van der Waals surface area (Å²) in [5.41, 5.74) is 7.53. The summed E-state index contributed by atoms with van der Waals surface area (Å²) < 4.78 is 12.9. The molecule has 0 atom stereocenters. The average molecular weight is 578 g/mol. The fourth-order valence-corrected chi connectivity index (χ4v) is 7.02. The molecule has 0 unspecified atom stereocenters. The molecule has 0 bridgehead atoms. The first-order valence-corrected chi connectivity index (χ1v) is 15.0. The van der Waals surface area contributed by atoms with Crippen LogP contribution in [0.5, 0.6) is 0 Å². The van der Waals surface area contributed by atoms with Crippen molar-refractivity contribution in [3.63, 3.8) is 0 Å². The van der Waals surface area contributed by atoms with Gasteiger partial charge in [0.05, 0.1) is 16.8 Å². The zero-order chi connectivity index (χ0) is 29.5. The molecule has 10 rings (SSSR count). The summed E-state index contributed by atoms with van der Waals surface area (Å²) in [4.78, 5) is 11.8. The van der Waals surface area contributed by atoms with Gasteiger partial charge in [-0.1, -0.05) is 72.8 Å². The summed E-state index contributed by atoms with van der Waals surface area (Å²) >= 11 is 0. The second-order valence-corrected chi connectivity index (χ2v) is 11.4. The van der Waals surface area contributed by atoms with Crippen molar-refractivity contribution in [3.05, 3.63) is 140 Å². The molecule has 0 spiro atoms. The topological polar surface area (TPSA) is 55.3 Å². The van der Waals surface area contributed by atoms with Crippen molar-refractivity contribution in [2.24, 2.45) is 0 Å². The van der Waals surface area contributed by atoms with E-state index in [1.165, 1.54) is 32.3 Å². The highest BCUT2D eigenvalue weighted by Gasteiger charge is 2.24. The van der Waals surface area contributed by atoms with Crippen LogP contribution in [0.25, 0.3) is 76.5 Å². The van der Waals surface area contributed by atoms with Crippen molar-refractivity contribution in [1.82, 2.24) is 9.97 Å². The molecule has 0 radical (unpaired) electrons. The lowest BCUT2D eigenvalue weighted by molar-refractivity contribution is 0.667. The number of hydrogen-bond acceptors (Lipinski definition) is 5. The third-order valence-electron chi connectivity index (χ3n) is 8.94. The van der Waals surface area contributed by atoms with Crippen molar-refractivity contribution in [3.8, 4) is 0 Å². The highest BCUT2D eigenvalue weighted by atomic mass is 16.3. The minimum atomic E-state index is 0.722. The zero-order valence-corrected chi connectivity index (χ0v) is 23.9. The summed E-state index contributed by atoms with van der Waals surface area (Å²) in [5, 5.41) is 9.26. The van der Waals surface area contributed by atoms with E-state index in [0.717, 1.165) is 61.2 Å². The average Bonchev–Trinajstić information content (AvgIpc) is 3.68. The number of nitrogens with zero attached hydrogens (tertiary/aromatic N) is 3. The minimum absolute atomic E-state index is 0.722. The molecular weight excluding hydrogens is 554 g/mol. The first kappa shape index (κ1) is 24.3. The number of anilines is 3. The highest BCUT2D eigenvalue weighted by Crippen LogP contribution is 2.47. The van der Waals surface area contributed by atoms with E-state index in [-0.39, 0.29) is 0 Å². The van der Waals surface area contributed by atoms with Crippen molar-refractivity contribution in [1.29, 1.82) is 0 Å². The maximum atomic E-state index is 6.56. The van der Waals surface area contributed by atoms with E-state index >= 15 is 0 Å². The predicted octanol–water partition coefficient (Wildman–Crippen LogP) is 11.2. The third-order valence-corrected chi connectivity index (χ3v) is 8.94. The number of para-hydroxylation sites is 1. The number of pyridine rings is 2. The fraction of sp³-hybridized carbons (Fsp3) is 0. The van der Waals surface area contributed by atoms with Gasteiger partial charge in [0.1, 0.15) is 22.2 Å². The molecule has 6 aromatic carbocycles. The number of benzene rings is 6. The summed E-state index contributed by atoms with van der Waals surface area (Å²) in [7, 11) is 0. The van der Waals surface area contributed by atoms with Crippen LogP contribution in [-0.2, 0) is 0 Å². The molecule has 5 heteroatoms. The Kier molecular flexibility index (Phi) is 4.93. The molecule has 0 aliphatic heterocycles. The highest BCUT2D eigenvalue weighted by molar-refractivity contribution is 6.26. The van der Waals surface area contributed by atoms with Gasteiger partial charge in [-0.15, -0.1) is 0 Å². The van der Waals surface area contributed by atoms with Crippen LogP contribution in [0.3, 0.4) is 0 Å². The second-order valence-electron chi connectivity index (χ2n) is 11.4. The largest absolute Gasteiger partial charge is 0.454 e. The van der Waals surface area contributed by atoms with E-state index in [0.29, 0.717) is 0 Å². The first-order chi connectivity index (χ1) is 22.3. The van der Waals surface area contributed by atoms with Gasteiger partial charge in [0.15, 0.2) is 11.2 Å². The molecular formula is C40H23N3O2. The van der Waals surface area contributed by atoms with Gasteiger partial charge in [0, 0.05) is 23.5 Å². The number of fused-ring (bicyclic) bond motifs is 12. The van der Waals surface area contributed by atoms with Gasteiger partial charge >= 0.3 is 0 Å². The standard InChI is InChI=1S/C40H23N3O2/c1-2-11-27-25(9-1)26-10-3-4-12-28(26)31-23-24(18-19-29(27)31)43(32-14-7-16-35-37(32)39-36(44-35)17-8-21-41-39)33-20-22-42-38-30-13-5-6-15-34(30)45-40(33)38/h1-23H. The first-order valence-electron chi connectivity index (χ1n) is 15.0. The minimum Gasteiger partial charge on any atom is -0.454 e. The van der Waals surface area contributed by atoms with Crippen LogP contribution < -0.4 is 4.90 Å². The third kappa shape index (κ3) is 3.43. The number of rotatable bonds is 3. The van der Waals surface area contributed by atoms with Crippen LogP contribution in [0.1, 0.15) is 0 Å². The summed E-state index contributed by atoms with van der Waals surface area (Å²) in [6.45, 7) is 0. The van der Waals surface area contributed by atoms with E-state index < -0.39 is 0 Å². The van der Waals surface area contributed by atoms with Gasteiger partial charge in [0.2, 0.25) is 0 Å². The van der Waals surface area contributed by atoms with Crippen molar-refractivity contribution < 1.29 is 8.83 Å². The van der Waals surface area contributed by atoms with Gasteiger partial charge in [-0.05, 0) is 86.9 Å². The Balaban J connectivity index is 1.35. The molecule has 0 N–H and O–H groups in total. The smallest absolute Gasteiger partial charge is 0.177 e. The molecule has 210 valence electrons. The van der Waals surface area contributed by atoms with Crippen LogP contribution in [0.15, 0.2) is 149 Å². The Morgan fingerprint density at radius 2 is 1.07 bits per heavy atom. The Morgan fingerprint density at radius 3 is 1.87 bits per heavy atom. The van der Waals surface area contributed by atoms with Gasteiger partial charge in [-0.25, -0.2) is 0 Å². The van der Waals surface area contributed by atoms with Gasteiger partial charge in [-0.3, -0.25) is 9.97 Å². The molecule has 0 fully saturated rings. The van der Waals surface area contributed by atoms with Crippen LogP contribution in [-0.4, -0.2) is 9.97 Å². The number of aromatic nitrogens is 2. The lowest BCUT2D eigenvalue weighted by atomic mass is 9.94. The molecule has 0 aliphatic carbocycles. The molecule has 0 saturated carbocycles. The Bertz CT molecular complexity index is 2760. The zero-order valence-electron chi connectivity index (χ0n) is 23.9. The van der Waals surface area contributed by atoms with Crippen LogP contribution in [0.2, 0.25) is 0 Å². The summed E-state index contributed by atoms with van der Waals surface area (Å²) in [6, 6.07) is 44.2. The fourth-order valence-electron chi connectivity index (χ4n) is 7.02. The Hall–Kier alpha value is -6.20. The summed E-state index contributed by atoms with van der Waals surface area (Å²) in [6.07, 6.45) is 3.68. The SMILES string of the molecule is c1ccc2c(c1)oc1c(N(c3ccc4c5ccccc5c5ccccc5c4c3)c3cccc4oc5cccnc5c34)ccnc12. The second kappa shape index (κ2) is 9.15. The molecule has 0 saturated heterocycles. The van der Waals surface area contributed by atoms with Crippen molar-refractivity contribution in [2.75, 3.05) is 4.90 Å². The van der Waals surface area contributed by atoms with Crippen molar-refractivity contribution in [2.45, 2.75) is 0 Å². The quantitative estimate of drug-likeness (QED) is 0.196. The molecule has 4 heterocycles. The number of furan rings is 2. The monoisotopic (exact) mass is 577 g/mol. The van der Waals surface area contributed by atoms with Crippen molar-refractivity contribution >= 4 is 93.5 Å². The molecule has 45 heavy (non-hydrogen) atoms. The maximum absolute atomic E-state index is 6.56. The molecule has 5 nitrogen and oxygen atoms in total. The predicted molar refractivity (Wildman–Crippen MR) is 184 cm³/mol. The van der Waals surface area contributed by atoms with Gasteiger partial charge < -0.3 is 13.7 Å². The maximum Gasteiger partial charge on any atom is 0.177 e. The lowest BCUT2D eigenvalue weighted by Gasteiger charge is -2.26.